The Labute approximate surface area is 138 Å². The molecule has 23 heavy (non-hydrogen) atoms. The van der Waals surface area contributed by atoms with Crippen molar-refractivity contribution in [2.75, 3.05) is 5.32 Å². The smallest absolute Gasteiger partial charge is 0.339 e. The molecule has 1 heterocycles. The zero-order valence-electron chi connectivity index (χ0n) is 12.1. The minimum absolute atomic E-state index is 0.148. The molecule has 0 saturated carbocycles. The number of carboxylic acid groups (broad SMARTS) is 1. The fourth-order valence-electron chi connectivity index (χ4n) is 2.05. The van der Waals surface area contributed by atoms with E-state index in [4.69, 9.17) is 5.11 Å². The largest absolute Gasteiger partial charge is 0.478 e. The molecule has 0 unspecified atom stereocenters. The molecule has 0 spiro atoms. The Morgan fingerprint density at radius 1 is 0.913 bits per heavy atom. The van der Waals surface area contributed by atoms with Gasteiger partial charge in [-0.05, 0) is 48.5 Å². The molecule has 4 nitrogen and oxygen atoms in total. The molecule has 5 heteroatoms. The molecule has 1 aromatic heterocycles. The minimum Gasteiger partial charge on any atom is -0.478 e. The molecule has 0 saturated heterocycles. The Hall–Kier alpha value is -2.79. The maximum atomic E-state index is 11.2. The average Bonchev–Trinajstić information content (AvgIpc) is 2.58. The second-order valence-corrected chi connectivity index (χ2v) is 5.92. The molecule has 0 amide bonds. The molecular weight excluding hydrogens is 308 g/mol. The Morgan fingerprint density at radius 3 is 2.30 bits per heavy atom. The van der Waals surface area contributed by atoms with E-state index >= 15 is 0 Å². The van der Waals surface area contributed by atoms with Gasteiger partial charge in [0.25, 0.3) is 0 Å². The highest BCUT2D eigenvalue weighted by atomic mass is 32.2. The summed E-state index contributed by atoms with van der Waals surface area (Å²) in [6.07, 6.45) is 1.56. The van der Waals surface area contributed by atoms with Gasteiger partial charge in [-0.3, -0.25) is 0 Å². The number of carboxylic acids is 1. The van der Waals surface area contributed by atoms with Gasteiger partial charge in [0.05, 0.1) is 0 Å². The summed E-state index contributed by atoms with van der Waals surface area (Å²) >= 11 is 1.67. The zero-order chi connectivity index (χ0) is 16.1. The first-order chi connectivity index (χ1) is 11.2. The summed E-state index contributed by atoms with van der Waals surface area (Å²) in [7, 11) is 0. The van der Waals surface area contributed by atoms with Gasteiger partial charge in [-0.15, -0.1) is 0 Å². The maximum absolute atomic E-state index is 11.2. The van der Waals surface area contributed by atoms with Gasteiger partial charge < -0.3 is 10.4 Å². The first kappa shape index (κ1) is 15.1. The summed E-state index contributed by atoms with van der Waals surface area (Å²) < 4.78 is 0. The van der Waals surface area contributed by atoms with Crippen LogP contribution in [0.25, 0.3) is 0 Å². The number of aromatic carboxylic acids is 1. The molecule has 0 aliphatic carbocycles. The lowest BCUT2D eigenvalue weighted by Gasteiger charge is -2.09. The number of rotatable bonds is 5. The van der Waals surface area contributed by atoms with Crippen LogP contribution in [-0.2, 0) is 0 Å². The van der Waals surface area contributed by atoms with Crippen LogP contribution in [0, 0.1) is 0 Å². The minimum atomic E-state index is -1.00. The van der Waals surface area contributed by atoms with Crippen molar-refractivity contribution in [3.8, 4) is 0 Å². The van der Waals surface area contributed by atoms with Crippen LogP contribution < -0.4 is 5.32 Å². The van der Waals surface area contributed by atoms with Gasteiger partial charge in [0, 0.05) is 21.7 Å². The first-order valence-electron chi connectivity index (χ1n) is 7.01. The highest BCUT2D eigenvalue weighted by Gasteiger charge is 2.10. The highest BCUT2D eigenvalue weighted by Crippen LogP contribution is 2.29. The van der Waals surface area contributed by atoms with E-state index < -0.39 is 5.97 Å². The monoisotopic (exact) mass is 322 g/mol. The van der Waals surface area contributed by atoms with E-state index in [0.717, 1.165) is 10.6 Å². The second-order valence-electron chi connectivity index (χ2n) is 4.77. The predicted octanol–water partition coefficient (Wildman–Crippen LogP) is 4.67. The van der Waals surface area contributed by atoms with Crippen molar-refractivity contribution in [3.63, 3.8) is 0 Å². The average molecular weight is 322 g/mol. The lowest BCUT2D eigenvalue weighted by Crippen LogP contribution is -2.04. The molecule has 3 rings (SSSR count). The number of nitrogens with zero attached hydrogens (tertiary/aromatic N) is 1. The summed E-state index contributed by atoms with van der Waals surface area (Å²) in [5.74, 6) is -0.666. The van der Waals surface area contributed by atoms with E-state index in [0.29, 0.717) is 5.82 Å². The predicted molar refractivity (Wildman–Crippen MR) is 91.5 cm³/mol. The lowest BCUT2D eigenvalue weighted by molar-refractivity contribution is 0.0697. The van der Waals surface area contributed by atoms with Crippen molar-refractivity contribution >= 4 is 29.2 Å². The van der Waals surface area contributed by atoms with E-state index in [1.54, 1.807) is 24.0 Å². The third kappa shape index (κ3) is 3.90. The maximum Gasteiger partial charge on any atom is 0.339 e. The summed E-state index contributed by atoms with van der Waals surface area (Å²) in [6.45, 7) is 0. The van der Waals surface area contributed by atoms with Crippen molar-refractivity contribution < 1.29 is 9.90 Å². The van der Waals surface area contributed by atoms with E-state index in [1.165, 1.54) is 11.0 Å². The van der Waals surface area contributed by atoms with Gasteiger partial charge in [0.1, 0.15) is 11.4 Å². The number of carbonyl (C=O) groups is 1. The van der Waals surface area contributed by atoms with Gasteiger partial charge >= 0.3 is 5.97 Å². The number of hydrogen-bond donors (Lipinski definition) is 2. The molecule has 0 atom stereocenters. The van der Waals surface area contributed by atoms with Gasteiger partial charge in [0.2, 0.25) is 0 Å². The second kappa shape index (κ2) is 6.98. The molecule has 0 aliphatic heterocycles. The van der Waals surface area contributed by atoms with Crippen molar-refractivity contribution in [2.45, 2.75) is 9.79 Å². The summed E-state index contributed by atoms with van der Waals surface area (Å²) in [5.41, 5.74) is 0.943. The number of benzene rings is 2. The van der Waals surface area contributed by atoms with Crippen LogP contribution in [0.15, 0.2) is 82.7 Å². The fourth-order valence-corrected chi connectivity index (χ4v) is 2.88. The van der Waals surface area contributed by atoms with Crippen LogP contribution in [0.4, 0.5) is 11.5 Å². The SMILES string of the molecule is O=C(O)c1cccnc1Nc1ccc(Sc2ccccc2)cc1. The van der Waals surface area contributed by atoms with Crippen molar-refractivity contribution in [1.82, 2.24) is 4.98 Å². The molecule has 2 aromatic carbocycles. The van der Waals surface area contributed by atoms with Gasteiger partial charge in [-0.25, -0.2) is 9.78 Å². The highest BCUT2D eigenvalue weighted by molar-refractivity contribution is 7.99. The molecule has 3 aromatic rings. The normalized spacial score (nSPS) is 10.3. The van der Waals surface area contributed by atoms with Gasteiger partial charge in [0.15, 0.2) is 0 Å². The molecule has 114 valence electrons. The molecular formula is C18H14N2O2S. The van der Waals surface area contributed by atoms with E-state index in [1.807, 2.05) is 42.5 Å². The van der Waals surface area contributed by atoms with Crippen LogP contribution in [0.5, 0.6) is 0 Å². The van der Waals surface area contributed by atoms with Crippen molar-refractivity contribution in [1.29, 1.82) is 0 Å². The Bertz CT molecular complexity index is 805. The van der Waals surface area contributed by atoms with E-state index in [2.05, 4.69) is 22.4 Å². The summed E-state index contributed by atoms with van der Waals surface area (Å²) in [5, 5.41) is 12.2. The quantitative estimate of drug-likeness (QED) is 0.714. The topological polar surface area (TPSA) is 62.2 Å². The molecule has 0 aliphatic rings. The van der Waals surface area contributed by atoms with Crippen LogP contribution in [-0.4, -0.2) is 16.1 Å². The first-order valence-corrected chi connectivity index (χ1v) is 7.82. The molecule has 0 bridgehead atoms. The van der Waals surface area contributed by atoms with E-state index in [-0.39, 0.29) is 5.56 Å². The number of aromatic nitrogens is 1. The molecule has 2 N–H and O–H groups in total. The number of nitrogens with one attached hydrogen (secondary N) is 1. The standard InChI is InChI=1S/C18H14N2O2S/c21-18(22)16-7-4-12-19-17(16)20-13-8-10-15(11-9-13)23-14-5-2-1-3-6-14/h1-12H,(H,19,20)(H,21,22). The van der Waals surface area contributed by atoms with Gasteiger partial charge in [-0.2, -0.15) is 0 Å². The third-order valence-electron chi connectivity index (χ3n) is 3.13. The third-order valence-corrected chi connectivity index (χ3v) is 4.15. The van der Waals surface area contributed by atoms with Crippen LogP contribution >= 0.6 is 11.8 Å². The van der Waals surface area contributed by atoms with E-state index in [9.17, 15) is 4.79 Å². The number of hydrogen-bond acceptors (Lipinski definition) is 4. The summed E-state index contributed by atoms with van der Waals surface area (Å²) in [4.78, 5) is 17.6. The van der Waals surface area contributed by atoms with Crippen LogP contribution in [0.3, 0.4) is 0 Å². The van der Waals surface area contributed by atoms with Crippen LogP contribution in [0.1, 0.15) is 10.4 Å². The Balaban J connectivity index is 1.74. The Morgan fingerprint density at radius 2 is 1.61 bits per heavy atom. The molecule has 0 radical (unpaired) electrons. The number of anilines is 2. The van der Waals surface area contributed by atoms with Crippen molar-refractivity contribution in [3.05, 3.63) is 78.5 Å². The molecule has 0 fully saturated rings. The Kier molecular flexibility index (Phi) is 4.59. The van der Waals surface area contributed by atoms with Crippen LogP contribution in [0.2, 0.25) is 0 Å². The van der Waals surface area contributed by atoms with Crippen molar-refractivity contribution in [2.24, 2.45) is 0 Å². The zero-order valence-corrected chi connectivity index (χ0v) is 13.0. The number of pyridine rings is 1. The van der Waals surface area contributed by atoms with Gasteiger partial charge in [-0.1, -0.05) is 30.0 Å². The summed E-state index contributed by atoms with van der Waals surface area (Å²) in [6, 6.07) is 21.0. The lowest BCUT2D eigenvalue weighted by atomic mass is 10.2. The fraction of sp³-hybridized carbons (Fsp3) is 0.